The highest BCUT2D eigenvalue weighted by Gasteiger charge is 2.06. The van der Waals surface area contributed by atoms with Crippen molar-refractivity contribution in [2.75, 3.05) is 0 Å². The Bertz CT molecular complexity index is 449. The molecule has 1 rings (SSSR count). The number of nitrogens with zero attached hydrogens (tertiary/aromatic N) is 1. The summed E-state index contributed by atoms with van der Waals surface area (Å²) in [4.78, 5) is 21.4. The van der Waals surface area contributed by atoms with Crippen LogP contribution in [-0.4, -0.2) is 17.5 Å². The first kappa shape index (κ1) is 12.9. The van der Waals surface area contributed by atoms with Crippen molar-refractivity contribution in [3.63, 3.8) is 0 Å². The van der Waals surface area contributed by atoms with Gasteiger partial charge in [-0.2, -0.15) is 5.10 Å². The van der Waals surface area contributed by atoms with Crippen molar-refractivity contribution in [2.45, 2.75) is 20.3 Å². The summed E-state index contributed by atoms with van der Waals surface area (Å²) in [6.45, 7) is 3.81. The number of benzene rings is 1. The molecule has 0 saturated carbocycles. The van der Waals surface area contributed by atoms with Gasteiger partial charge < -0.3 is 5.73 Å². The van der Waals surface area contributed by atoms with Gasteiger partial charge in [-0.3, -0.25) is 9.59 Å². The Hall–Kier alpha value is -2.17. The average molecular weight is 233 g/mol. The summed E-state index contributed by atoms with van der Waals surface area (Å²) in [5.74, 6) is -1.97. The van der Waals surface area contributed by atoms with Gasteiger partial charge in [-0.05, 0) is 24.5 Å². The van der Waals surface area contributed by atoms with Gasteiger partial charge in [-0.1, -0.05) is 31.2 Å². The number of nitrogens with one attached hydrogen (secondary N) is 1. The van der Waals surface area contributed by atoms with Crippen LogP contribution in [0, 0.1) is 0 Å². The molecular weight excluding hydrogens is 218 g/mol. The lowest BCUT2D eigenvalue weighted by Gasteiger charge is -2.02. The first-order valence-electron chi connectivity index (χ1n) is 5.28. The van der Waals surface area contributed by atoms with E-state index in [0.29, 0.717) is 5.71 Å². The number of amides is 2. The molecule has 0 spiro atoms. The second-order valence-corrected chi connectivity index (χ2v) is 3.55. The molecular formula is C12H15N3O2. The lowest BCUT2D eigenvalue weighted by atomic mass is 10.1. The van der Waals surface area contributed by atoms with E-state index in [4.69, 9.17) is 5.73 Å². The minimum absolute atomic E-state index is 0.613. The number of hydrogen-bond donors (Lipinski definition) is 2. The summed E-state index contributed by atoms with van der Waals surface area (Å²) in [6.07, 6.45) is 0.967. The molecule has 5 heteroatoms. The van der Waals surface area contributed by atoms with Crippen molar-refractivity contribution >= 4 is 17.5 Å². The first-order chi connectivity index (χ1) is 8.04. The number of carbonyl (C=O) groups is 2. The predicted octanol–water partition coefficient (Wildman–Crippen LogP) is 0.574. The number of carbonyl (C=O) groups excluding carboxylic acids is 2. The molecule has 0 saturated heterocycles. The fraction of sp³-hybridized carbons (Fsp3) is 0.250. The zero-order valence-electron chi connectivity index (χ0n) is 9.86. The van der Waals surface area contributed by atoms with Crippen LogP contribution in [0.2, 0.25) is 0 Å². The van der Waals surface area contributed by atoms with Crippen LogP contribution in [0.5, 0.6) is 0 Å². The molecule has 1 aromatic carbocycles. The number of rotatable bonds is 3. The lowest BCUT2D eigenvalue weighted by molar-refractivity contribution is -0.137. The van der Waals surface area contributed by atoms with Crippen molar-refractivity contribution < 1.29 is 9.59 Å². The van der Waals surface area contributed by atoms with Gasteiger partial charge in [0.15, 0.2) is 0 Å². The minimum atomic E-state index is -1.05. The number of hydrogen-bond acceptors (Lipinski definition) is 3. The Morgan fingerprint density at radius 1 is 1.29 bits per heavy atom. The molecule has 3 N–H and O–H groups in total. The predicted molar refractivity (Wildman–Crippen MR) is 65.4 cm³/mol. The largest absolute Gasteiger partial charge is 0.361 e. The first-order valence-corrected chi connectivity index (χ1v) is 5.28. The number of aryl methyl sites for hydroxylation is 1. The molecule has 0 fully saturated rings. The van der Waals surface area contributed by atoms with Gasteiger partial charge in [-0.15, -0.1) is 0 Å². The zero-order valence-corrected chi connectivity index (χ0v) is 9.86. The van der Waals surface area contributed by atoms with Crippen LogP contribution in [0.25, 0.3) is 0 Å². The molecule has 0 aliphatic heterocycles. The van der Waals surface area contributed by atoms with E-state index >= 15 is 0 Å². The fourth-order valence-electron chi connectivity index (χ4n) is 1.24. The van der Waals surface area contributed by atoms with E-state index in [0.717, 1.165) is 12.0 Å². The molecule has 17 heavy (non-hydrogen) atoms. The third-order valence-corrected chi connectivity index (χ3v) is 2.33. The van der Waals surface area contributed by atoms with E-state index in [1.54, 1.807) is 6.92 Å². The van der Waals surface area contributed by atoms with Crippen molar-refractivity contribution in [3.05, 3.63) is 35.4 Å². The van der Waals surface area contributed by atoms with E-state index in [2.05, 4.69) is 17.5 Å². The zero-order chi connectivity index (χ0) is 12.8. The van der Waals surface area contributed by atoms with E-state index < -0.39 is 11.8 Å². The topological polar surface area (TPSA) is 84.6 Å². The average Bonchev–Trinajstić information content (AvgIpc) is 2.35. The van der Waals surface area contributed by atoms with Gasteiger partial charge in [0.1, 0.15) is 0 Å². The third kappa shape index (κ3) is 3.71. The van der Waals surface area contributed by atoms with Crippen molar-refractivity contribution in [3.8, 4) is 0 Å². The van der Waals surface area contributed by atoms with Crippen molar-refractivity contribution in [2.24, 2.45) is 10.8 Å². The maximum absolute atomic E-state index is 10.9. The molecule has 0 atom stereocenters. The number of primary amides is 1. The highest BCUT2D eigenvalue weighted by atomic mass is 16.2. The fourth-order valence-corrected chi connectivity index (χ4v) is 1.24. The molecule has 5 nitrogen and oxygen atoms in total. The Labute approximate surface area is 99.7 Å². The Balaban J connectivity index is 2.74. The Morgan fingerprint density at radius 2 is 1.88 bits per heavy atom. The second kappa shape index (κ2) is 5.79. The Kier molecular flexibility index (Phi) is 4.39. The summed E-state index contributed by atoms with van der Waals surface area (Å²) in [6, 6.07) is 7.80. The number of nitrogens with two attached hydrogens (primary N) is 1. The molecule has 1 aromatic rings. The standard InChI is InChI=1S/C12H15N3O2/c1-3-9-4-6-10(7-5-9)8(2)14-15-12(17)11(13)16/h4-7H,3H2,1-2H3,(H2,13,16)(H,15,17)/b14-8-. The SMILES string of the molecule is CCc1ccc(/C(C)=N\NC(=O)C(N)=O)cc1. The summed E-state index contributed by atoms with van der Waals surface area (Å²) in [5, 5.41) is 3.79. The van der Waals surface area contributed by atoms with Gasteiger partial charge in [0, 0.05) is 0 Å². The molecule has 0 unspecified atom stereocenters. The molecule has 0 radical (unpaired) electrons. The van der Waals surface area contributed by atoms with Crippen molar-refractivity contribution in [1.82, 2.24) is 5.43 Å². The van der Waals surface area contributed by atoms with Crippen molar-refractivity contribution in [1.29, 1.82) is 0 Å². The van der Waals surface area contributed by atoms with Gasteiger partial charge in [0.2, 0.25) is 0 Å². The Morgan fingerprint density at radius 3 is 2.35 bits per heavy atom. The van der Waals surface area contributed by atoms with Gasteiger partial charge in [0.25, 0.3) is 0 Å². The van der Waals surface area contributed by atoms with Crippen LogP contribution in [-0.2, 0) is 16.0 Å². The molecule has 2 amide bonds. The lowest BCUT2D eigenvalue weighted by Crippen LogP contribution is -2.33. The van der Waals surface area contributed by atoms with Crippen LogP contribution in [0.15, 0.2) is 29.4 Å². The van der Waals surface area contributed by atoms with Crippen LogP contribution in [0.4, 0.5) is 0 Å². The maximum atomic E-state index is 10.9. The van der Waals surface area contributed by atoms with E-state index in [1.807, 2.05) is 24.3 Å². The number of hydrazone groups is 1. The van der Waals surface area contributed by atoms with Gasteiger partial charge in [-0.25, -0.2) is 5.43 Å². The van der Waals surface area contributed by atoms with Crippen LogP contribution >= 0.6 is 0 Å². The third-order valence-electron chi connectivity index (χ3n) is 2.33. The summed E-state index contributed by atoms with van der Waals surface area (Å²) in [7, 11) is 0. The van der Waals surface area contributed by atoms with E-state index in [9.17, 15) is 9.59 Å². The maximum Gasteiger partial charge on any atom is 0.329 e. The molecule has 0 heterocycles. The second-order valence-electron chi connectivity index (χ2n) is 3.55. The van der Waals surface area contributed by atoms with Gasteiger partial charge in [0.05, 0.1) is 5.71 Å². The minimum Gasteiger partial charge on any atom is -0.361 e. The highest BCUT2D eigenvalue weighted by Crippen LogP contribution is 2.05. The normalized spacial score (nSPS) is 11.1. The molecule has 0 aliphatic carbocycles. The smallest absolute Gasteiger partial charge is 0.329 e. The van der Waals surface area contributed by atoms with Gasteiger partial charge >= 0.3 is 11.8 Å². The highest BCUT2D eigenvalue weighted by molar-refractivity contribution is 6.34. The monoisotopic (exact) mass is 233 g/mol. The van der Waals surface area contributed by atoms with Crippen LogP contribution in [0.1, 0.15) is 25.0 Å². The molecule has 90 valence electrons. The van der Waals surface area contributed by atoms with E-state index in [-0.39, 0.29) is 0 Å². The van der Waals surface area contributed by atoms with Crippen LogP contribution in [0.3, 0.4) is 0 Å². The quantitative estimate of drug-likeness (QED) is 0.454. The van der Waals surface area contributed by atoms with Crippen LogP contribution < -0.4 is 11.2 Å². The summed E-state index contributed by atoms with van der Waals surface area (Å²) >= 11 is 0. The molecule has 0 aromatic heterocycles. The summed E-state index contributed by atoms with van der Waals surface area (Å²) in [5.41, 5.74) is 9.58. The molecule has 0 aliphatic rings. The molecule has 0 bridgehead atoms. The summed E-state index contributed by atoms with van der Waals surface area (Å²) < 4.78 is 0. The van der Waals surface area contributed by atoms with E-state index in [1.165, 1.54) is 5.56 Å².